The third-order valence-electron chi connectivity index (χ3n) is 2.61. The van der Waals surface area contributed by atoms with Gasteiger partial charge in [0.15, 0.2) is 0 Å². The fraction of sp³-hybridized carbons (Fsp3) is 0.385. The maximum atomic E-state index is 12.1. The molecule has 2 aromatic heterocycles. The number of amides is 1. The maximum Gasteiger partial charge on any atom is 0.263 e. The van der Waals surface area contributed by atoms with Crippen molar-refractivity contribution in [2.24, 2.45) is 0 Å². The lowest BCUT2D eigenvalue weighted by Crippen LogP contribution is -2.23. The number of aromatic nitrogens is 3. The van der Waals surface area contributed by atoms with Gasteiger partial charge in [0.25, 0.3) is 5.91 Å². The number of carbonyl (C=O) groups is 1. The van der Waals surface area contributed by atoms with Gasteiger partial charge in [-0.2, -0.15) is 0 Å². The van der Waals surface area contributed by atoms with E-state index in [1.807, 2.05) is 20.8 Å². The standard InChI is InChI=1S/C13H16N4OS/c1-4-11-12(19-9(3)17-11)13(18)16-7-10-6-14-8(2)5-15-10/h5-6H,4,7H2,1-3H3,(H,16,18). The smallest absolute Gasteiger partial charge is 0.263 e. The minimum absolute atomic E-state index is 0.0928. The summed E-state index contributed by atoms with van der Waals surface area (Å²) >= 11 is 1.43. The molecule has 2 rings (SSSR count). The average Bonchev–Trinajstić information content (AvgIpc) is 2.79. The second-order valence-electron chi connectivity index (χ2n) is 4.19. The second-order valence-corrected chi connectivity index (χ2v) is 5.40. The molecule has 100 valence electrons. The monoisotopic (exact) mass is 276 g/mol. The third kappa shape index (κ3) is 3.35. The van der Waals surface area contributed by atoms with E-state index in [1.165, 1.54) is 11.3 Å². The van der Waals surface area contributed by atoms with Crippen LogP contribution in [0.5, 0.6) is 0 Å². The molecule has 5 nitrogen and oxygen atoms in total. The lowest BCUT2D eigenvalue weighted by Gasteiger charge is -2.04. The van der Waals surface area contributed by atoms with Crippen molar-refractivity contribution in [3.63, 3.8) is 0 Å². The molecule has 0 aromatic carbocycles. The van der Waals surface area contributed by atoms with Gasteiger partial charge in [0, 0.05) is 6.20 Å². The van der Waals surface area contributed by atoms with Crippen LogP contribution >= 0.6 is 11.3 Å². The van der Waals surface area contributed by atoms with Crippen molar-refractivity contribution in [3.05, 3.63) is 39.4 Å². The van der Waals surface area contributed by atoms with Crippen molar-refractivity contribution < 1.29 is 4.79 Å². The Balaban J connectivity index is 2.03. The van der Waals surface area contributed by atoms with Crippen molar-refractivity contribution in [2.45, 2.75) is 33.7 Å². The molecule has 0 unspecified atom stereocenters. The zero-order valence-corrected chi connectivity index (χ0v) is 12.0. The van der Waals surface area contributed by atoms with Crippen LogP contribution in [0, 0.1) is 13.8 Å². The van der Waals surface area contributed by atoms with Gasteiger partial charge in [-0.15, -0.1) is 11.3 Å². The number of carbonyl (C=O) groups excluding carboxylic acids is 1. The fourth-order valence-corrected chi connectivity index (χ4v) is 2.57. The van der Waals surface area contributed by atoms with Gasteiger partial charge < -0.3 is 5.32 Å². The number of aryl methyl sites for hydroxylation is 3. The summed E-state index contributed by atoms with van der Waals surface area (Å²) in [5.74, 6) is -0.0928. The molecule has 0 spiro atoms. The predicted molar refractivity (Wildman–Crippen MR) is 74.2 cm³/mol. The first kappa shape index (κ1) is 13.6. The van der Waals surface area contributed by atoms with E-state index < -0.39 is 0 Å². The Morgan fingerprint density at radius 3 is 2.74 bits per heavy atom. The first-order valence-electron chi connectivity index (χ1n) is 6.12. The Bertz CT molecular complexity index is 577. The molecule has 19 heavy (non-hydrogen) atoms. The third-order valence-corrected chi connectivity index (χ3v) is 3.62. The number of hydrogen-bond acceptors (Lipinski definition) is 5. The summed E-state index contributed by atoms with van der Waals surface area (Å²) in [6.07, 6.45) is 4.13. The molecular weight excluding hydrogens is 260 g/mol. The largest absolute Gasteiger partial charge is 0.346 e. The van der Waals surface area contributed by atoms with Crippen molar-refractivity contribution in [2.75, 3.05) is 0 Å². The summed E-state index contributed by atoms with van der Waals surface area (Å²) in [6, 6.07) is 0. The number of hydrogen-bond donors (Lipinski definition) is 1. The minimum Gasteiger partial charge on any atom is -0.346 e. The molecule has 0 radical (unpaired) electrons. The van der Waals surface area contributed by atoms with Crippen LogP contribution in [-0.2, 0) is 13.0 Å². The van der Waals surface area contributed by atoms with E-state index in [-0.39, 0.29) is 5.91 Å². The molecular formula is C13H16N4OS. The molecule has 0 atom stereocenters. The van der Waals surface area contributed by atoms with Crippen LogP contribution < -0.4 is 5.32 Å². The van der Waals surface area contributed by atoms with E-state index in [9.17, 15) is 4.79 Å². The highest BCUT2D eigenvalue weighted by Crippen LogP contribution is 2.18. The maximum absolute atomic E-state index is 12.1. The van der Waals surface area contributed by atoms with Crippen LogP contribution in [-0.4, -0.2) is 20.9 Å². The van der Waals surface area contributed by atoms with E-state index in [1.54, 1.807) is 12.4 Å². The Morgan fingerprint density at radius 1 is 1.32 bits per heavy atom. The van der Waals surface area contributed by atoms with Gasteiger partial charge in [0.05, 0.1) is 34.8 Å². The van der Waals surface area contributed by atoms with Crippen LogP contribution in [0.15, 0.2) is 12.4 Å². The molecule has 2 aromatic rings. The summed E-state index contributed by atoms with van der Waals surface area (Å²) in [5, 5.41) is 3.77. The number of thiazole rings is 1. The molecule has 6 heteroatoms. The Hall–Kier alpha value is -1.82. The summed E-state index contributed by atoms with van der Waals surface area (Å²) in [5.41, 5.74) is 2.47. The summed E-state index contributed by atoms with van der Waals surface area (Å²) in [7, 11) is 0. The van der Waals surface area contributed by atoms with Gasteiger partial charge in [-0.05, 0) is 20.3 Å². The van der Waals surface area contributed by atoms with Gasteiger partial charge in [-0.1, -0.05) is 6.92 Å². The Morgan fingerprint density at radius 2 is 2.11 bits per heavy atom. The van der Waals surface area contributed by atoms with E-state index in [0.29, 0.717) is 11.4 Å². The predicted octanol–water partition coefficient (Wildman–Crippen LogP) is 2.04. The van der Waals surface area contributed by atoms with Gasteiger partial charge in [0.1, 0.15) is 4.88 Å². The van der Waals surface area contributed by atoms with Gasteiger partial charge in [-0.25, -0.2) is 4.98 Å². The van der Waals surface area contributed by atoms with Crippen molar-refractivity contribution in [1.29, 1.82) is 0 Å². The normalized spacial score (nSPS) is 10.5. The molecule has 0 saturated carbocycles. The fourth-order valence-electron chi connectivity index (χ4n) is 1.65. The molecule has 0 saturated heterocycles. The van der Waals surface area contributed by atoms with Gasteiger partial charge in [-0.3, -0.25) is 14.8 Å². The molecule has 1 amide bonds. The van der Waals surface area contributed by atoms with Gasteiger partial charge >= 0.3 is 0 Å². The molecule has 0 aliphatic carbocycles. The van der Waals surface area contributed by atoms with Crippen LogP contribution in [0.3, 0.4) is 0 Å². The summed E-state index contributed by atoms with van der Waals surface area (Å²) in [4.78, 5) is 25.5. The molecule has 0 aliphatic heterocycles. The highest BCUT2D eigenvalue weighted by atomic mass is 32.1. The first-order chi connectivity index (χ1) is 9.10. The zero-order valence-electron chi connectivity index (χ0n) is 11.2. The molecule has 2 heterocycles. The topological polar surface area (TPSA) is 67.8 Å². The molecule has 0 aliphatic rings. The SMILES string of the molecule is CCc1nc(C)sc1C(=O)NCc1cnc(C)cn1. The highest BCUT2D eigenvalue weighted by Gasteiger charge is 2.15. The van der Waals surface area contributed by atoms with E-state index in [0.717, 1.165) is 28.5 Å². The number of nitrogens with zero attached hydrogens (tertiary/aromatic N) is 3. The van der Waals surface area contributed by atoms with E-state index in [4.69, 9.17) is 0 Å². The van der Waals surface area contributed by atoms with E-state index in [2.05, 4.69) is 20.3 Å². The molecule has 0 bridgehead atoms. The summed E-state index contributed by atoms with van der Waals surface area (Å²) in [6.45, 7) is 6.16. The molecule has 0 fully saturated rings. The van der Waals surface area contributed by atoms with Crippen molar-refractivity contribution in [1.82, 2.24) is 20.3 Å². The van der Waals surface area contributed by atoms with Crippen molar-refractivity contribution >= 4 is 17.2 Å². The van der Waals surface area contributed by atoms with Crippen LogP contribution in [0.2, 0.25) is 0 Å². The zero-order chi connectivity index (χ0) is 13.8. The Kier molecular flexibility index (Phi) is 4.21. The summed E-state index contributed by atoms with van der Waals surface area (Å²) < 4.78 is 0. The number of rotatable bonds is 4. The average molecular weight is 276 g/mol. The lowest BCUT2D eigenvalue weighted by atomic mass is 10.3. The van der Waals surface area contributed by atoms with Crippen molar-refractivity contribution in [3.8, 4) is 0 Å². The highest BCUT2D eigenvalue weighted by molar-refractivity contribution is 7.13. The quantitative estimate of drug-likeness (QED) is 0.928. The van der Waals surface area contributed by atoms with Crippen LogP contribution in [0.1, 0.15) is 38.7 Å². The van der Waals surface area contributed by atoms with E-state index >= 15 is 0 Å². The van der Waals surface area contributed by atoms with Gasteiger partial charge in [0.2, 0.25) is 0 Å². The van der Waals surface area contributed by atoms with Crippen LogP contribution in [0.25, 0.3) is 0 Å². The first-order valence-corrected chi connectivity index (χ1v) is 6.93. The minimum atomic E-state index is -0.0928. The Labute approximate surface area is 116 Å². The second kappa shape index (κ2) is 5.88. The van der Waals surface area contributed by atoms with Crippen LogP contribution in [0.4, 0.5) is 0 Å². The molecule has 1 N–H and O–H groups in total. The number of nitrogens with one attached hydrogen (secondary N) is 1. The lowest BCUT2D eigenvalue weighted by molar-refractivity contribution is 0.0953.